The molecule has 1 aromatic carbocycles. The lowest BCUT2D eigenvalue weighted by molar-refractivity contribution is -0.169. The zero-order valence-corrected chi connectivity index (χ0v) is 9.68. The predicted molar refractivity (Wildman–Crippen MR) is 60.5 cm³/mol. The van der Waals surface area contributed by atoms with Gasteiger partial charge in [0.1, 0.15) is 0 Å². The number of rotatable bonds is 6. The van der Waals surface area contributed by atoms with Crippen LogP contribution < -0.4 is 0 Å². The smallest absolute Gasteiger partial charge is 0.248 e. The van der Waals surface area contributed by atoms with E-state index >= 15 is 0 Å². The molecule has 1 rings (SSSR count). The van der Waals surface area contributed by atoms with Crippen LogP contribution in [0.3, 0.4) is 0 Å². The highest BCUT2D eigenvalue weighted by Crippen LogP contribution is 2.01. The van der Waals surface area contributed by atoms with Crippen molar-refractivity contribution in [2.75, 3.05) is 20.8 Å². The van der Waals surface area contributed by atoms with E-state index in [2.05, 4.69) is 0 Å². The summed E-state index contributed by atoms with van der Waals surface area (Å²) in [6.45, 7) is 0.937. The van der Waals surface area contributed by atoms with Crippen LogP contribution in [-0.4, -0.2) is 31.7 Å². The molecule has 0 fully saturated rings. The molecule has 0 spiro atoms. The molecule has 0 heterocycles. The van der Waals surface area contributed by atoms with E-state index < -0.39 is 0 Å². The van der Waals surface area contributed by atoms with E-state index in [4.69, 9.17) is 9.57 Å². The summed E-state index contributed by atoms with van der Waals surface area (Å²) in [5.74, 6) is -0.0874. The van der Waals surface area contributed by atoms with Crippen LogP contribution in [0.1, 0.15) is 12.0 Å². The third-order valence-corrected chi connectivity index (χ3v) is 2.20. The van der Waals surface area contributed by atoms with E-state index in [0.29, 0.717) is 19.6 Å². The van der Waals surface area contributed by atoms with E-state index in [1.807, 2.05) is 30.3 Å². The Balaban J connectivity index is 2.15. The molecular formula is C12H17NO3. The summed E-state index contributed by atoms with van der Waals surface area (Å²) in [5.41, 5.74) is 1.11. The second-order valence-corrected chi connectivity index (χ2v) is 3.36. The lowest BCUT2D eigenvalue weighted by atomic mass is 10.2. The summed E-state index contributed by atoms with van der Waals surface area (Å²) in [6, 6.07) is 9.86. The number of carbonyl (C=O) groups is 1. The topological polar surface area (TPSA) is 38.8 Å². The van der Waals surface area contributed by atoms with Crippen molar-refractivity contribution in [3.63, 3.8) is 0 Å². The summed E-state index contributed by atoms with van der Waals surface area (Å²) in [5, 5.41) is 1.20. The van der Waals surface area contributed by atoms with Crippen molar-refractivity contribution < 1.29 is 14.4 Å². The number of benzene rings is 1. The normalized spacial score (nSPS) is 10.1. The van der Waals surface area contributed by atoms with Crippen molar-refractivity contribution in [3.8, 4) is 0 Å². The summed E-state index contributed by atoms with van der Waals surface area (Å²) in [7, 11) is 3.04. The van der Waals surface area contributed by atoms with Crippen LogP contribution in [0.15, 0.2) is 30.3 Å². The maximum atomic E-state index is 11.3. The minimum Gasteiger partial charge on any atom is -0.376 e. The first-order chi connectivity index (χ1) is 7.74. The van der Waals surface area contributed by atoms with Crippen molar-refractivity contribution in [2.24, 2.45) is 0 Å². The molecule has 88 valence electrons. The van der Waals surface area contributed by atoms with Gasteiger partial charge in [0.15, 0.2) is 0 Å². The van der Waals surface area contributed by atoms with Gasteiger partial charge in [0.05, 0.1) is 26.7 Å². The van der Waals surface area contributed by atoms with Gasteiger partial charge in [-0.15, -0.1) is 0 Å². The fourth-order valence-electron chi connectivity index (χ4n) is 1.18. The van der Waals surface area contributed by atoms with Crippen LogP contribution in [0.2, 0.25) is 0 Å². The minimum absolute atomic E-state index is 0.0874. The van der Waals surface area contributed by atoms with E-state index in [1.54, 1.807) is 7.05 Å². The van der Waals surface area contributed by atoms with Gasteiger partial charge in [-0.25, -0.2) is 5.06 Å². The average molecular weight is 223 g/mol. The SMILES string of the molecule is CON(C)C(=O)CCOCc1ccccc1. The second-order valence-electron chi connectivity index (χ2n) is 3.36. The molecule has 0 radical (unpaired) electrons. The molecule has 0 aliphatic carbocycles. The van der Waals surface area contributed by atoms with Crippen molar-refractivity contribution in [1.82, 2.24) is 5.06 Å². The Hall–Kier alpha value is -1.39. The molecule has 16 heavy (non-hydrogen) atoms. The fourth-order valence-corrected chi connectivity index (χ4v) is 1.18. The van der Waals surface area contributed by atoms with Crippen LogP contribution in [0, 0.1) is 0 Å². The van der Waals surface area contributed by atoms with Crippen LogP contribution in [0.25, 0.3) is 0 Å². The van der Waals surface area contributed by atoms with Gasteiger partial charge in [0.25, 0.3) is 0 Å². The molecule has 0 bridgehead atoms. The van der Waals surface area contributed by atoms with E-state index in [9.17, 15) is 4.79 Å². The number of carbonyl (C=O) groups excluding carboxylic acids is 1. The van der Waals surface area contributed by atoms with Gasteiger partial charge >= 0.3 is 0 Å². The predicted octanol–water partition coefficient (Wildman–Crippen LogP) is 1.61. The highest BCUT2D eigenvalue weighted by atomic mass is 16.7. The van der Waals surface area contributed by atoms with E-state index in [0.717, 1.165) is 5.56 Å². The Morgan fingerprint density at radius 3 is 2.62 bits per heavy atom. The molecule has 4 heteroatoms. The molecule has 0 saturated heterocycles. The van der Waals surface area contributed by atoms with Crippen molar-refractivity contribution in [2.45, 2.75) is 13.0 Å². The number of hydrogen-bond acceptors (Lipinski definition) is 3. The summed E-state index contributed by atoms with van der Waals surface area (Å²) < 4.78 is 5.38. The van der Waals surface area contributed by atoms with Gasteiger partial charge in [-0.2, -0.15) is 0 Å². The Morgan fingerprint density at radius 2 is 2.00 bits per heavy atom. The molecule has 0 aliphatic heterocycles. The zero-order valence-electron chi connectivity index (χ0n) is 9.68. The minimum atomic E-state index is -0.0874. The zero-order chi connectivity index (χ0) is 11.8. The van der Waals surface area contributed by atoms with Crippen LogP contribution in [0.4, 0.5) is 0 Å². The third-order valence-electron chi connectivity index (χ3n) is 2.20. The quantitative estimate of drug-likeness (QED) is 0.543. The molecule has 0 atom stereocenters. The maximum Gasteiger partial charge on any atom is 0.248 e. The first kappa shape index (κ1) is 12.7. The molecule has 0 N–H and O–H groups in total. The van der Waals surface area contributed by atoms with Gasteiger partial charge in [-0.05, 0) is 5.56 Å². The Kier molecular flexibility index (Phi) is 5.53. The highest BCUT2D eigenvalue weighted by Gasteiger charge is 2.06. The van der Waals surface area contributed by atoms with Crippen molar-refractivity contribution in [3.05, 3.63) is 35.9 Å². The van der Waals surface area contributed by atoms with Gasteiger partial charge in [0.2, 0.25) is 5.91 Å². The maximum absolute atomic E-state index is 11.3. The number of ether oxygens (including phenoxy) is 1. The first-order valence-electron chi connectivity index (χ1n) is 5.16. The lowest BCUT2D eigenvalue weighted by Crippen LogP contribution is -2.26. The molecule has 0 aliphatic rings. The van der Waals surface area contributed by atoms with Crippen LogP contribution in [0.5, 0.6) is 0 Å². The van der Waals surface area contributed by atoms with Crippen LogP contribution >= 0.6 is 0 Å². The van der Waals surface area contributed by atoms with Gasteiger partial charge in [-0.3, -0.25) is 9.63 Å². The average Bonchev–Trinajstić information content (AvgIpc) is 2.34. The third kappa shape index (κ3) is 4.42. The van der Waals surface area contributed by atoms with Gasteiger partial charge < -0.3 is 4.74 Å². The first-order valence-corrected chi connectivity index (χ1v) is 5.16. The lowest BCUT2D eigenvalue weighted by Gasteiger charge is -2.13. The van der Waals surface area contributed by atoms with Crippen molar-refractivity contribution >= 4 is 5.91 Å². The summed E-state index contributed by atoms with van der Waals surface area (Å²) in [6.07, 6.45) is 0.331. The number of hydroxylamine groups is 2. The van der Waals surface area contributed by atoms with Crippen LogP contribution in [-0.2, 0) is 21.0 Å². The summed E-state index contributed by atoms with van der Waals surface area (Å²) >= 11 is 0. The molecule has 0 unspecified atom stereocenters. The second kappa shape index (κ2) is 6.98. The molecular weight excluding hydrogens is 206 g/mol. The molecule has 4 nitrogen and oxygen atoms in total. The summed E-state index contributed by atoms with van der Waals surface area (Å²) in [4.78, 5) is 16.1. The molecule has 1 amide bonds. The molecule has 0 saturated carbocycles. The number of amides is 1. The Bertz CT molecular complexity index is 313. The fraction of sp³-hybridized carbons (Fsp3) is 0.417. The van der Waals surface area contributed by atoms with Gasteiger partial charge in [0, 0.05) is 7.05 Å². The van der Waals surface area contributed by atoms with E-state index in [1.165, 1.54) is 12.2 Å². The number of nitrogens with zero attached hydrogens (tertiary/aromatic N) is 1. The molecule has 0 aromatic heterocycles. The van der Waals surface area contributed by atoms with E-state index in [-0.39, 0.29) is 5.91 Å². The Labute approximate surface area is 95.7 Å². The number of hydrogen-bond donors (Lipinski definition) is 0. The highest BCUT2D eigenvalue weighted by molar-refractivity contribution is 5.74. The largest absolute Gasteiger partial charge is 0.376 e. The molecule has 1 aromatic rings. The Morgan fingerprint density at radius 1 is 1.31 bits per heavy atom. The standard InChI is InChI=1S/C12H17NO3/c1-13(15-2)12(14)8-9-16-10-11-6-4-3-5-7-11/h3-7H,8-10H2,1-2H3. The monoisotopic (exact) mass is 223 g/mol. The van der Waals surface area contributed by atoms with Crippen molar-refractivity contribution in [1.29, 1.82) is 0 Å². The van der Waals surface area contributed by atoms with Gasteiger partial charge in [-0.1, -0.05) is 30.3 Å².